The topological polar surface area (TPSA) is 124 Å². The van der Waals surface area contributed by atoms with E-state index in [1.54, 1.807) is 0 Å². The first kappa shape index (κ1) is 54.2. The second kappa shape index (κ2) is 35.9. The molecular weight excluding hydrogens is 766 g/mol. The van der Waals surface area contributed by atoms with Gasteiger partial charge in [0, 0.05) is 12.8 Å². The van der Waals surface area contributed by atoms with Gasteiger partial charge in [-0.15, -0.1) is 0 Å². The van der Waals surface area contributed by atoms with Crippen molar-refractivity contribution < 1.29 is 46.8 Å². The third-order valence-electron chi connectivity index (χ3n) is 9.30. The summed E-state index contributed by atoms with van der Waals surface area (Å²) in [6.07, 6.45) is 47.8. The van der Waals surface area contributed by atoms with Crippen LogP contribution in [0.1, 0.15) is 142 Å². The summed E-state index contributed by atoms with van der Waals surface area (Å²) in [5.74, 6) is -0.945. The van der Waals surface area contributed by atoms with E-state index in [0.29, 0.717) is 30.3 Å². The number of carbonyl (C=O) groups excluding carboxylic acids is 2. The Balaban J connectivity index is 2.35. The van der Waals surface area contributed by atoms with Crippen LogP contribution in [0.5, 0.6) is 0 Å². The smallest absolute Gasteiger partial charge is 0.306 e. The Morgan fingerprint density at radius 1 is 0.627 bits per heavy atom. The highest BCUT2D eigenvalue weighted by molar-refractivity contribution is 7.45. The van der Waals surface area contributed by atoms with Gasteiger partial charge in [-0.3, -0.25) is 14.2 Å². The van der Waals surface area contributed by atoms with E-state index >= 15 is 0 Å². The van der Waals surface area contributed by atoms with Crippen molar-refractivity contribution in [2.75, 3.05) is 47.5 Å². The number of phosphoric ester groups is 1. The lowest BCUT2D eigenvalue weighted by atomic mass is 10.1. The van der Waals surface area contributed by atoms with E-state index in [2.05, 4.69) is 98.9 Å². The van der Waals surface area contributed by atoms with Crippen LogP contribution in [-0.4, -0.2) is 82.2 Å². The number of hydrogen-bond acceptors (Lipinski definition) is 9. The lowest BCUT2D eigenvalue weighted by Gasteiger charge is -2.28. The molecule has 3 unspecified atom stereocenters. The lowest BCUT2D eigenvalue weighted by Crippen LogP contribution is -2.37. The fraction of sp³-hybridized carbons (Fsp3) is 0.667. The minimum Gasteiger partial charge on any atom is -0.756 e. The third-order valence-corrected chi connectivity index (χ3v) is 10.3. The molecular formula is C48H80NO9P. The summed E-state index contributed by atoms with van der Waals surface area (Å²) >= 11 is 0. The molecule has 59 heavy (non-hydrogen) atoms. The van der Waals surface area contributed by atoms with Crippen LogP contribution in [0.3, 0.4) is 0 Å². The molecule has 1 heterocycles. The Kier molecular flexibility index (Phi) is 32.9. The molecule has 10 nitrogen and oxygen atoms in total. The van der Waals surface area contributed by atoms with Gasteiger partial charge >= 0.3 is 11.9 Å². The molecule has 1 rings (SSSR count). The van der Waals surface area contributed by atoms with Gasteiger partial charge in [-0.2, -0.15) is 0 Å². The lowest BCUT2D eigenvalue weighted by molar-refractivity contribution is -0.870. The summed E-state index contributed by atoms with van der Waals surface area (Å²) in [6.45, 7) is 3.95. The summed E-state index contributed by atoms with van der Waals surface area (Å²) in [6, 6.07) is 0. The summed E-state index contributed by atoms with van der Waals surface area (Å²) in [7, 11) is 1.09. The van der Waals surface area contributed by atoms with Gasteiger partial charge in [0.05, 0.1) is 40.0 Å². The fourth-order valence-corrected chi connectivity index (χ4v) is 6.41. The minimum atomic E-state index is -4.66. The zero-order chi connectivity index (χ0) is 43.3. The maximum absolute atomic E-state index is 12.7. The molecule has 0 radical (unpaired) electrons. The standard InChI is InChI=1S/C48H80NO9P/c1-6-8-10-12-14-16-17-18-19-20-21-22-23-25-27-29-35-39-48(51)57-44(43-56-59(52,53)55-41-40-49(3,4)5)42-54-47(50)38-34-31-30-33-37-46-45(58-46)36-32-28-26-24-15-13-11-9-7-2/h8,10,14-16,18-19,21-22,24,28,30,32-33,44-46H,6-7,9,11-13,17,20,23,25-27,29,31,34-43H2,1-5H3/b10-8-,16-14-,19-18-,22-21-,24-15-,32-28-,33-30-/t44-,45?,46?/m1/s1. The number of hydrogen-bond donors (Lipinski definition) is 0. The van der Waals surface area contributed by atoms with Gasteiger partial charge in [0.25, 0.3) is 7.82 Å². The van der Waals surface area contributed by atoms with Gasteiger partial charge in [-0.05, 0) is 89.9 Å². The van der Waals surface area contributed by atoms with E-state index in [1.807, 2.05) is 21.1 Å². The molecule has 1 fully saturated rings. The summed E-state index contributed by atoms with van der Waals surface area (Å²) < 4.78 is 39.6. The molecule has 0 aromatic carbocycles. The zero-order valence-electron chi connectivity index (χ0n) is 37.4. The Morgan fingerprint density at radius 3 is 1.75 bits per heavy atom. The second-order valence-corrected chi connectivity index (χ2v) is 17.5. The summed E-state index contributed by atoms with van der Waals surface area (Å²) in [4.78, 5) is 37.6. The monoisotopic (exact) mass is 846 g/mol. The van der Waals surface area contributed by atoms with Crippen molar-refractivity contribution in [3.8, 4) is 0 Å². The van der Waals surface area contributed by atoms with Gasteiger partial charge in [-0.25, -0.2) is 0 Å². The number of rotatable bonds is 38. The average molecular weight is 846 g/mol. The van der Waals surface area contributed by atoms with Crippen molar-refractivity contribution in [3.63, 3.8) is 0 Å². The van der Waals surface area contributed by atoms with Crippen LogP contribution in [0.15, 0.2) is 85.1 Å². The van der Waals surface area contributed by atoms with Crippen LogP contribution in [0.25, 0.3) is 0 Å². The van der Waals surface area contributed by atoms with E-state index in [9.17, 15) is 19.0 Å². The van der Waals surface area contributed by atoms with Gasteiger partial charge in [0.15, 0.2) is 6.10 Å². The zero-order valence-corrected chi connectivity index (χ0v) is 38.2. The molecule has 0 bridgehead atoms. The predicted molar refractivity (Wildman–Crippen MR) is 240 cm³/mol. The Bertz CT molecular complexity index is 1340. The second-order valence-electron chi connectivity index (χ2n) is 16.1. The van der Waals surface area contributed by atoms with Crippen LogP contribution < -0.4 is 4.89 Å². The molecule has 0 N–H and O–H groups in total. The molecule has 0 spiro atoms. The molecule has 1 aliphatic rings. The van der Waals surface area contributed by atoms with E-state index < -0.39 is 32.5 Å². The number of nitrogens with zero attached hydrogens (tertiary/aromatic N) is 1. The molecule has 336 valence electrons. The number of carbonyl (C=O) groups is 2. The van der Waals surface area contributed by atoms with E-state index in [0.717, 1.165) is 77.0 Å². The molecule has 1 aliphatic heterocycles. The first-order chi connectivity index (χ1) is 28.5. The molecule has 11 heteroatoms. The first-order valence-corrected chi connectivity index (χ1v) is 23.9. The van der Waals surface area contributed by atoms with Crippen LogP contribution in [0, 0.1) is 0 Å². The molecule has 1 saturated heterocycles. The molecule has 0 aromatic heterocycles. The van der Waals surface area contributed by atoms with Crippen molar-refractivity contribution in [2.24, 2.45) is 0 Å². The minimum absolute atomic E-state index is 0.0522. The summed E-state index contributed by atoms with van der Waals surface area (Å²) in [5.41, 5.74) is 0. The molecule has 4 atom stereocenters. The number of quaternary nitrogens is 1. The molecule has 0 aliphatic carbocycles. The molecule has 0 aromatic rings. The Hall–Kier alpha value is -2.85. The van der Waals surface area contributed by atoms with Crippen LogP contribution in [0.4, 0.5) is 0 Å². The first-order valence-electron chi connectivity index (χ1n) is 22.4. The van der Waals surface area contributed by atoms with Gasteiger partial charge in [-0.1, -0.05) is 125 Å². The normalized spacial score (nSPS) is 17.8. The maximum atomic E-state index is 12.7. The predicted octanol–water partition coefficient (Wildman–Crippen LogP) is 11.2. The number of likely N-dealkylation sites (N-methyl/N-ethyl adjacent to an activating group) is 1. The number of phosphoric acid groups is 1. The van der Waals surface area contributed by atoms with Crippen LogP contribution in [-0.2, 0) is 37.4 Å². The van der Waals surface area contributed by atoms with E-state index in [1.165, 1.54) is 19.3 Å². The highest BCUT2D eigenvalue weighted by Gasteiger charge is 2.36. The average Bonchev–Trinajstić information content (AvgIpc) is 3.94. The Morgan fingerprint density at radius 2 is 1.14 bits per heavy atom. The number of unbranched alkanes of at least 4 members (excludes halogenated alkanes) is 8. The quantitative estimate of drug-likeness (QED) is 0.0149. The van der Waals surface area contributed by atoms with E-state index in [4.69, 9.17) is 23.3 Å². The van der Waals surface area contributed by atoms with Crippen molar-refractivity contribution in [1.82, 2.24) is 0 Å². The van der Waals surface area contributed by atoms with E-state index in [-0.39, 0.29) is 38.3 Å². The maximum Gasteiger partial charge on any atom is 0.306 e. The van der Waals surface area contributed by atoms with Gasteiger partial charge in [0.1, 0.15) is 19.8 Å². The summed E-state index contributed by atoms with van der Waals surface area (Å²) in [5, 5.41) is 0. The number of allylic oxidation sites excluding steroid dienone is 12. The highest BCUT2D eigenvalue weighted by atomic mass is 31.2. The van der Waals surface area contributed by atoms with Crippen molar-refractivity contribution in [1.29, 1.82) is 0 Å². The fourth-order valence-electron chi connectivity index (χ4n) is 5.68. The number of ether oxygens (including phenoxy) is 3. The molecule has 0 saturated carbocycles. The largest absolute Gasteiger partial charge is 0.756 e. The van der Waals surface area contributed by atoms with Gasteiger partial charge < -0.3 is 32.6 Å². The van der Waals surface area contributed by atoms with Crippen molar-refractivity contribution >= 4 is 19.8 Å². The number of esters is 2. The number of epoxide rings is 1. The van der Waals surface area contributed by atoms with Crippen molar-refractivity contribution in [3.05, 3.63) is 85.1 Å². The van der Waals surface area contributed by atoms with Crippen molar-refractivity contribution in [2.45, 2.75) is 161 Å². The molecule has 0 amide bonds. The Labute approximate surface area is 358 Å². The highest BCUT2D eigenvalue weighted by Crippen LogP contribution is 2.38. The van der Waals surface area contributed by atoms with Crippen LogP contribution in [0.2, 0.25) is 0 Å². The van der Waals surface area contributed by atoms with Gasteiger partial charge in [0.2, 0.25) is 0 Å². The van der Waals surface area contributed by atoms with Crippen LogP contribution >= 0.6 is 7.82 Å². The third kappa shape index (κ3) is 36.7. The SMILES string of the molecule is CC/C=C\C/C=C\C/C=C\C/C=C\CCCCCCC(=O)O[C@H](COC(=O)CCC/C=C\CC1OC1C/C=C\C/C=C\CCCCC)COP(=O)([O-])OCC[N+](C)(C)C.